The van der Waals surface area contributed by atoms with Crippen molar-refractivity contribution in [1.82, 2.24) is 5.32 Å². The van der Waals surface area contributed by atoms with Crippen LogP contribution in [0.25, 0.3) is 0 Å². The first-order valence-electron chi connectivity index (χ1n) is 6.48. The fourth-order valence-corrected chi connectivity index (χ4v) is 1.78. The number of anilines is 1. The Kier molecular flexibility index (Phi) is 6.05. The van der Waals surface area contributed by atoms with Crippen LogP contribution < -0.4 is 10.6 Å². The van der Waals surface area contributed by atoms with Gasteiger partial charge in [-0.05, 0) is 24.5 Å². The molecule has 0 unspecified atom stereocenters. The third-order valence-corrected chi connectivity index (χ3v) is 2.85. The predicted octanol–water partition coefficient (Wildman–Crippen LogP) is 2.68. The van der Waals surface area contributed by atoms with E-state index in [1.54, 1.807) is 6.08 Å². The smallest absolute Gasteiger partial charge is 0.267 e. The molecule has 0 bridgehead atoms. The summed E-state index contributed by atoms with van der Waals surface area (Å²) in [5, 5.41) is 14.7. The number of nitriles is 1. The number of benzene rings is 1. The minimum atomic E-state index is -0.409. The number of aryl methyl sites for hydroxylation is 2. The zero-order valence-corrected chi connectivity index (χ0v) is 11.9. The van der Waals surface area contributed by atoms with Crippen LogP contribution in [-0.2, 0) is 11.2 Å². The molecule has 0 saturated carbocycles. The van der Waals surface area contributed by atoms with E-state index in [0.29, 0.717) is 6.54 Å². The number of nitrogens with one attached hydrogen (secondary N) is 2. The van der Waals surface area contributed by atoms with Gasteiger partial charge in [0.05, 0.1) is 0 Å². The second kappa shape index (κ2) is 7.80. The van der Waals surface area contributed by atoms with E-state index >= 15 is 0 Å². The monoisotopic (exact) mass is 269 g/mol. The molecule has 0 spiro atoms. The number of hydrogen-bond acceptors (Lipinski definition) is 3. The number of amides is 1. The van der Waals surface area contributed by atoms with E-state index in [0.717, 1.165) is 23.2 Å². The summed E-state index contributed by atoms with van der Waals surface area (Å²) in [6.07, 6.45) is 3.87. The fraction of sp³-hybridized carbons (Fsp3) is 0.250. The Morgan fingerprint density at radius 1 is 1.50 bits per heavy atom. The van der Waals surface area contributed by atoms with Crippen molar-refractivity contribution in [3.63, 3.8) is 0 Å². The number of nitrogens with zero attached hydrogens (tertiary/aromatic N) is 1. The van der Waals surface area contributed by atoms with Crippen LogP contribution >= 0.6 is 0 Å². The average Bonchev–Trinajstić information content (AvgIpc) is 2.45. The summed E-state index contributed by atoms with van der Waals surface area (Å²) in [6.45, 7) is 8.01. The molecular formula is C16H19N3O. The van der Waals surface area contributed by atoms with Crippen LogP contribution in [-0.4, -0.2) is 12.5 Å². The van der Waals surface area contributed by atoms with E-state index in [9.17, 15) is 4.79 Å². The average molecular weight is 269 g/mol. The first-order chi connectivity index (χ1) is 9.63. The number of rotatable bonds is 6. The van der Waals surface area contributed by atoms with Gasteiger partial charge in [-0.15, -0.1) is 6.58 Å². The first kappa shape index (κ1) is 15.5. The van der Waals surface area contributed by atoms with E-state index in [1.807, 2.05) is 38.1 Å². The van der Waals surface area contributed by atoms with Crippen LogP contribution in [0.1, 0.15) is 18.1 Å². The van der Waals surface area contributed by atoms with Crippen molar-refractivity contribution in [3.8, 4) is 6.07 Å². The van der Waals surface area contributed by atoms with Crippen molar-refractivity contribution in [2.75, 3.05) is 11.9 Å². The topological polar surface area (TPSA) is 64.9 Å². The van der Waals surface area contributed by atoms with Crippen LogP contribution in [0.5, 0.6) is 0 Å². The summed E-state index contributed by atoms with van der Waals surface area (Å²) in [7, 11) is 0. The summed E-state index contributed by atoms with van der Waals surface area (Å²) in [5.41, 5.74) is 2.85. The van der Waals surface area contributed by atoms with Gasteiger partial charge < -0.3 is 10.6 Å². The van der Waals surface area contributed by atoms with Gasteiger partial charge in [0, 0.05) is 18.4 Å². The summed E-state index contributed by atoms with van der Waals surface area (Å²) >= 11 is 0. The summed E-state index contributed by atoms with van der Waals surface area (Å²) in [5.74, 6) is -0.409. The molecule has 1 aromatic carbocycles. The minimum Gasteiger partial charge on any atom is -0.386 e. The highest BCUT2D eigenvalue weighted by Gasteiger charge is 2.12. The second-order valence-corrected chi connectivity index (χ2v) is 4.28. The lowest BCUT2D eigenvalue weighted by Gasteiger charge is -2.12. The van der Waals surface area contributed by atoms with E-state index in [-0.39, 0.29) is 5.57 Å². The molecule has 0 aromatic heterocycles. The van der Waals surface area contributed by atoms with Gasteiger partial charge in [-0.1, -0.05) is 31.2 Å². The zero-order chi connectivity index (χ0) is 15.0. The Bertz CT molecular complexity index is 568. The van der Waals surface area contributed by atoms with Gasteiger partial charge in [-0.3, -0.25) is 4.79 Å². The predicted molar refractivity (Wildman–Crippen MR) is 81.1 cm³/mol. The lowest BCUT2D eigenvalue weighted by Crippen LogP contribution is -2.18. The van der Waals surface area contributed by atoms with Crippen LogP contribution in [0.4, 0.5) is 5.69 Å². The Morgan fingerprint density at radius 3 is 2.85 bits per heavy atom. The largest absolute Gasteiger partial charge is 0.386 e. The molecule has 1 amide bonds. The second-order valence-electron chi connectivity index (χ2n) is 4.28. The molecule has 0 aliphatic carbocycles. The first-order valence-corrected chi connectivity index (χ1v) is 6.48. The highest BCUT2D eigenvalue weighted by molar-refractivity contribution is 6.07. The number of para-hydroxylation sites is 1. The maximum Gasteiger partial charge on any atom is 0.267 e. The van der Waals surface area contributed by atoms with Gasteiger partial charge in [0.25, 0.3) is 5.91 Å². The van der Waals surface area contributed by atoms with Crippen molar-refractivity contribution >= 4 is 11.6 Å². The van der Waals surface area contributed by atoms with Gasteiger partial charge in [-0.2, -0.15) is 5.26 Å². The van der Waals surface area contributed by atoms with Gasteiger partial charge in [0.2, 0.25) is 0 Å². The van der Waals surface area contributed by atoms with Crippen LogP contribution in [0.3, 0.4) is 0 Å². The molecule has 1 aromatic rings. The maximum absolute atomic E-state index is 12.1. The summed E-state index contributed by atoms with van der Waals surface area (Å²) in [4.78, 5) is 12.1. The molecule has 0 atom stereocenters. The normalized spacial score (nSPS) is 10.6. The Labute approximate surface area is 119 Å². The Hall–Kier alpha value is -2.54. The van der Waals surface area contributed by atoms with Crippen molar-refractivity contribution in [1.29, 1.82) is 5.26 Å². The van der Waals surface area contributed by atoms with E-state index in [4.69, 9.17) is 5.26 Å². The van der Waals surface area contributed by atoms with E-state index < -0.39 is 5.91 Å². The molecule has 0 aliphatic heterocycles. The zero-order valence-electron chi connectivity index (χ0n) is 11.9. The summed E-state index contributed by atoms with van der Waals surface area (Å²) in [6, 6.07) is 7.74. The maximum atomic E-state index is 12.1. The molecule has 0 heterocycles. The van der Waals surface area contributed by atoms with Crippen molar-refractivity contribution in [2.45, 2.75) is 20.3 Å². The number of carbonyl (C=O) groups excluding carboxylic acids is 1. The van der Waals surface area contributed by atoms with Crippen LogP contribution in [0.15, 0.2) is 42.6 Å². The van der Waals surface area contributed by atoms with E-state index in [1.165, 1.54) is 6.20 Å². The van der Waals surface area contributed by atoms with Crippen LogP contribution in [0, 0.1) is 18.3 Å². The molecule has 0 saturated heterocycles. The van der Waals surface area contributed by atoms with Gasteiger partial charge in [0.1, 0.15) is 11.6 Å². The van der Waals surface area contributed by atoms with Gasteiger partial charge >= 0.3 is 0 Å². The molecule has 1 rings (SSSR count). The molecule has 0 fully saturated rings. The fourth-order valence-electron chi connectivity index (χ4n) is 1.78. The molecule has 104 valence electrons. The minimum absolute atomic E-state index is 0.0390. The van der Waals surface area contributed by atoms with Crippen molar-refractivity contribution < 1.29 is 4.79 Å². The SMILES string of the molecule is C=CCN/C=C(/C#N)C(=O)Nc1c(C)cccc1CC. The summed E-state index contributed by atoms with van der Waals surface area (Å²) < 4.78 is 0. The van der Waals surface area contributed by atoms with Crippen molar-refractivity contribution in [3.05, 3.63) is 53.8 Å². The lowest BCUT2D eigenvalue weighted by molar-refractivity contribution is -0.112. The molecule has 0 aliphatic rings. The molecule has 4 nitrogen and oxygen atoms in total. The molecule has 4 heteroatoms. The van der Waals surface area contributed by atoms with Crippen molar-refractivity contribution in [2.24, 2.45) is 0 Å². The third kappa shape index (κ3) is 3.99. The third-order valence-electron chi connectivity index (χ3n) is 2.85. The number of carbonyl (C=O) groups is 1. The van der Waals surface area contributed by atoms with Gasteiger partial charge in [-0.25, -0.2) is 0 Å². The van der Waals surface area contributed by atoms with Gasteiger partial charge in [0.15, 0.2) is 0 Å². The molecular weight excluding hydrogens is 250 g/mol. The molecule has 0 radical (unpaired) electrons. The number of hydrogen-bond donors (Lipinski definition) is 2. The van der Waals surface area contributed by atoms with Crippen LogP contribution in [0.2, 0.25) is 0 Å². The quantitative estimate of drug-likeness (QED) is 0.361. The highest BCUT2D eigenvalue weighted by Crippen LogP contribution is 2.21. The lowest BCUT2D eigenvalue weighted by atomic mass is 10.1. The highest BCUT2D eigenvalue weighted by atomic mass is 16.1. The van der Waals surface area contributed by atoms with E-state index in [2.05, 4.69) is 17.2 Å². The Balaban J connectivity index is 2.92. The molecule has 20 heavy (non-hydrogen) atoms. The molecule has 2 N–H and O–H groups in total. The Morgan fingerprint density at radius 2 is 2.25 bits per heavy atom. The standard InChI is InChI=1S/C16H19N3O/c1-4-9-18-11-14(10-17)16(20)19-15-12(3)7-6-8-13(15)5-2/h4,6-8,11,18H,1,5,9H2,2-3H3,(H,19,20)/b14-11-.